The van der Waals surface area contributed by atoms with E-state index in [0.29, 0.717) is 28.8 Å². The number of ether oxygens (including phenoxy) is 1. The maximum Gasteiger partial charge on any atom is 0.294 e. The molecule has 1 aromatic carbocycles. The minimum atomic E-state index is -0.803. The number of hydrogen-bond donors (Lipinski definition) is 3. The molecular weight excluding hydrogens is 461 g/mol. The van der Waals surface area contributed by atoms with Crippen LogP contribution < -0.4 is 15.4 Å². The Kier molecular flexibility index (Phi) is 10.3. The lowest BCUT2D eigenvalue weighted by atomic mass is 9.84. The molecule has 1 aliphatic rings. The molecule has 0 spiro atoms. The Bertz CT molecular complexity index is 780. The Labute approximate surface area is 197 Å². The number of aliphatic hydroxyl groups excluding tert-OH is 1. The van der Waals surface area contributed by atoms with Crippen molar-refractivity contribution in [3.63, 3.8) is 0 Å². The largest absolute Gasteiger partial charge is 0.489 e. The summed E-state index contributed by atoms with van der Waals surface area (Å²) in [5.74, 6) is 0.0533. The number of aliphatic hydroxyl groups is 1. The number of carbonyl (C=O) groups excluding carboxylic acids is 1. The van der Waals surface area contributed by atoms with Crippen molar-refractivity contribution in [2.45, 2.75) is 63.7 Å². The van der Waals surface area contributed by atoms with Crippen LogP contribution in [-0.2, 0) is 9.63 Å². The van der Waals surface area contributed by atoms with Crippen LogP contribution in [0.1, 0.15) is 46.0 Å². The van der Waals surface area contributed by atoms with Crippen molar-refractivity contribution in [1.82, 2.24) is 10.6 Å². The fourth-order valence-electron chi connectivity index (χ4n) is 3.58. The first kappa shape index (κ1) is 26.4. The molecule has 0 aliphatic heterocycles. The van der Waals surface area contributed by atoms with E-state index in [1.54, 1.807) is 18.2 Å². The highest BCUT2D eigenvalue weighted by atomic mass is 35.5. The molecule has 180 valence electrons. The first-order valence-electron chi connectivity index (χ1n) is 10.6. The molecule has 32 heavy (non-hydrogen) atoms. The molecule has 11 heteroatoms. The molecule has 9 nitrogen and oxygen atoms in total. The molecule has 3 atom stereocenters. The van der Waals surface area contributed by atoms with Crippen LogP contribution in [0.15, 0.2) is 18.2 Å². The Hall–Kier alpha value is -1.81. The van der Waals surface area contributed by atoms with Crippen LogP contribution >= 0.6 is 23.2 Å². The molecule has 0 heterocycles. The van der Waals surface area contributed by atoms with Crippen LogP contribution in [-0.4, -0.2) is 53.5 Å². The summed E-state index contributed by atoms with van der Waals surface area (Å²) in [7, 11) is 0. The highest BCUT2D eigenvalue weighted by Crippen LogP contribution is 2.29. The number of amides is 1. The molecule has 1 saturated carbocycles. The SMILES string of the molecule is CC(C)(CNC(=O)CC1CCCCC1O[N+](=O)[O-])NCC(O)COc1cc(Cl)ccc1Cl. The summed E-state index contributed by atoms with van der Waals surface area (Å²) in [6.45, 7) is 4.38. The fraction of sp³-hybridized carbons (Fsp3) is 0.667. The zero-order valence-electron chi connectivity index (χ0n) is 18.3. The summed E-state index contributed by atoms with van der Waals surface area (Å²) in [5.41, 5.74) is -0.492. The van der Waals surface area contributed by atoms with E-state index >= 15 is 0 Å². The average Bonchev–Trinajstić information content (AvgIpc) is 2.73. The van der Waals surface area contributed by atoms with Crippen molar-refractivity contribution in [2.24, 2.45) is 5.92 Å². The normalized spacial score (nSPS) is 19.8. The van der Waals surface area contributed by atoms with Crippen molar-refractivity contribution in [1.29, 1.82) is 0 Å². The predicted molar refractivity (Wildman–Crippen MR) is 121 cm³/mol. The molecule has 1 aliphatic carbocycles. The van der Waals surface area contributed by atoms with Crippen LogP contribution in [0.2, 0.25) is 10.0 Å². The third-order valence-corrected chi connectivity index (χ3v) is 5.92. The van der Waals surface area contributed by atoms with E-state index in [1.165, 1.54) is 0 Å². The van der Waals surface area contributed by atoms with Gasteiger partial charge in [0.25, 0.3) is 5.09 Å². The van der Waals surface area contributed by atoms with E-state index in [9.17, 15) is 20.0 Å². The van der Waals surface area contributed by atoms with Gasteiger partial charge in [-0.2, -0.15) is 0 Å². The van der Waals surface area contributed by atoms with E-state index < -0.39 is 22.8 Å². The van der Waals surface area contributed by atoms with Crippen LogP contribution in [0.5, 0.6) is 5.75 Å². The van der Waals surface area contributed by atoms with E-state index in [1.807, 2.05) is 13.8 Å². The van der Waals surface area contributed by atoms with Crippen molar-refractivity contribution >= 4 is 29.1 Å². The molecule has 0 aromatic heterocycles. The molecule has 0 radical (unpaired) electrons. The summed E-state index contributed by atoms with van der Waals surface area (Å²) < 4.78 is 5.53. The number of β-amino-alcohol motifs (C(OH)–C–C–N with tert-alkyl or cyclic N) is 1. The Morgan fingerprint density at radius 3 is 2.78 bits per heavy atom. The minimum Gasteiger partial charge on any atom is -0.489 e. The second-order valence-electron chi connectivity index (χ2n) is 8.70. The second kappa shape index (κ2) is 12.4. The van der Waals surface area contributed by atoms with Gasteiger partial charge in [0.1, 0.15) is 24.6 Å². The molecule has 3 N–H and O–H groups in total. The summed E-state index contributed by atoms with van der Waals surface area (Å²) in [4.78, 5) is 27.8. The lowest BCUT2D eigenvalue weighted by Crippen LogP contribution is -2.52. The number of rotatable bonds is 12. The van der Waals surface area contributed by atoms with Gasteiger partial charge in [-0.1, -0.05) is 36.0 Å². The quantitative estimate of drug-likeness (QED) is 0.302. The third-order valence-electron chi connectivity index (χ3n) is 5.38. The number of halogens is 2. The minimum absolute atomic E-state index is 0.0228. The van der Waals surface area contributed by atoms with Crippen molar-refractivity contribution in [3.05, 3.63) is 38.4 Å². The maximum atomic E-state index is 12.4. The van der Waals surface area contributed by atoms with Crippen LogP contribution in [0.3, 0.4) is 0 Å². The summed E-state index contributed by atoms with van der Waals surface area (Å²) >= 11 is 12.0. The summed E-state index contributed by atoms with van der Waals surface area (Å²) in [5, 5.41) is 27.1. The Morgan fingerprint density at radius 1 is 1.34 bits per heavy atom. The number of hydrogen-bond acceptors (Lipinski definition) is 7. The predicted octanol–water partition coefficient (Wildman–Crippen LogP) is 3.37. The number of nitrogens with zero attached hydrogens (tertiary/aromatic N) is 1. The monoisotopic (exact) mass is 491 g/mol. The van der Waals surface area contributed by atoms with E-state index in [0.717, 1.165) is 19.3 Å². The zero-order valence-corrected chi connectivity index (χ0v) is 19.8. The lowest BCUT2D eigenvalue weighted by molar-refractivity contribution is -0.771. The van der Waals surface area contributed by atoms with Gasteiger partial charge in [0.05, 0.1) is 5.02 Å². The third kappa shape index (κ3) is 9.36. The molecule has 3 unspecified atom stereocenters. The summed E-state index contributed by atoms with van der Waals surface area (Å²) in [6, 6.07) is 4.85. The highest BCUT2D eigenvalue weighted by molar-refractivity contribution is 6.34. The molecule has 1 aromatic rings. The smallest absolute Gasteiger partial charge is 0.294 e. The van der Waals surface area contributed by atoms with Gasteiger partial charge in [-0.15, -0.1) is 10.1 Å². The Morgan fingerprint density at radius 2 is 2.06 bits per heavy atom. The molecule has 1 fully saturated rings. The number of nitrogens with one attached hydrogen (secondary N) is 2. The van der Waals surface area contributed by atoms with Crippen LogP contribution in [0.4, 0.5) is 0 Å². The molecule has 0 saturated heterocycles. The first-order chi connectivity index (χ1) is 15.1. The topological polar surface area (TPSA) is 123 Å². The van der Waals surface area contributed by atoms with Gasteiger partial charge in [0, 0.05) is 36.1 Å². The van der Waals surface area contributed by atoms with Gasteiger partial charge >= 0.3 is 0 Å². The first-order valence-corrected chi connectivity index (χ1v) is 11.4. The van der Waals surface area contributed by atoms with Gasteiger partial charge in [-0.05, 0) is 44.7 Å². The van der Waals surface area contributed by atoms with Crippen molar-refractivity contribution < 1.29 is 24.6 Å². The van der Waals surface area contributed by atoms with E-state index in [2.05, 4.69) is 10.6 Å². The fourth-order valence-corrected chi connectivity index (χ4v) is 3.91. The van der Waals surface area contributed by atoms with Crippen molar-refractivity contribution in [2.75, 3.05) is 19.7 Å². The zero-order chi connectivity index (χ0) is 23.7. The van der Waals surface area contributed by atoms with E-state index in [-0.39, 0.29) is 31.4 Å². The number of carbonyl (C=O) groups is 1. The average molecular weight is 492 g/mol. The highest BCUT2D eigenvalue weighted by Gasteiger charge is 2.30. The molecule has 1 amide bonds. The van der Waals surface area contributed by atoms with Gasteiger partial charge in [-0.25, -0.2) is 0 Å². The Balaban J connectivity index is 1.72. The number of benzene rings is 1. The maximum absolute atomic E-state index is 12.4. The lowest BCUT2D eigenvalue weighted by Gasteiger charge is -2.31. The van der Waals surface area contributed by atoms with Gasteiger partial charge in [-0.3, -0.25) is 4.79 Å². The van der Waals surface area contributed by atoms with Gasteiger partial charge < -0.3 is 25.3 Å². The molecule has 2 rings (SSSR count). The molecule has 0 bridgehead atoms. The van der Waals surface area contributed by atoms with Gasteiger partial charge in [0.15, 0.2) is 0 Å². The van der Waals surface area contributed by atoms with E-state index in [4.69, 9.17) is 32.8 Å². The van der Waals surface area contributed by atoms with Crippen molar-refractivity contribution in [3.8, 4) is 5.75 Å². The standard InChI is InChI=1S/C21H31Cl2N3O6/c1-21(2,25-11-16(27)12-31-19-10-15(22)7-8-17(19)23)13-24-20(28)9-14-5-3-4-6-18(14)32-26(29)30/h7-8,10,14,16,18,25,27H,3-6,9,11-13H2,1-2H3,(H,24,28). The van der Waals surface area contributed by atoms with Crippen LogP contribution in [0, 0.1) is 16.0 Å². The summed E-state index contributed by atoms with van der Waals surface area (Å²) in [6.07, 6.45) is 1.97. The second-order valence-corrected chi connectivity index (χ2v) is 9.54. The molecular formula is C21H31Cl2N3O6. The van der Waals surface area contributed by atoms with Gasteiger partial charge in [0.2, 0.25) is 5.91 Å². The van der Waals surface area contributed by atoms with Crippen LogP contribution in [0.25, 0.3) is 0 Å².